The van der Waals surface area contributed by atoms with Crippen molar-refractivity contribution in [2.24, 2.45) is 5.41 Å². The molecule has 0 aromatic heterocycles. The lowest BCUT2D eigenvalue weighted by molar-refractivity contribution is -0.296. The van der Waals surface area contributed by atoms with E-state index in [2.05, 4.69) is 43.3 Å². The molecule has 50 heavy (non-hydrogen) atoms. The highest BCUT2D eigenvalue weighted by molar-refractivity contribution is 7.44. The Kier molecular flexibility index (Phi) is 36.3. The lowest BCUT2D eigenvalue weighted by Gasteiger charge is -2.35. The monoisotopic (exact) mass is 742 g/mol. The molecule has 0 aromatic carbocycles. The van der Waals surface area contributed by atoms with E-state index in [0.29, 0.717) is 118 Å². The number of rotatable bonds is 40. The molecule has 298 valence electrons. The molecule has 1 unspecified atom stereocenters. The van der Waals surface area contributed by atoms with Gasteiger partial charge in [-0.3, -0.25) is 5.26 Å². The average molecular weight is 743 g/mol. The molecular weight excluding hydrogens is 671 g/mol. The normalized spacial score (nSPS) is 12.8. The Bertz CT molecular complexity index is 723. The highest BCUT2D eigenvalue weighted by atomic mass is 31.2. The van der Waals surface area contributed by atoms with Crippen molar-refractivity contribution in [2.75, 3.05) is 99.1 Å². The van der Waals surface area contributed by atoms with Gasteiger partial charge in [-0.2, -0.15) is 5.26 Å². The van der Waals surface area contributed by atoms with Crippen molar-refractivity contribution in [2.45, 2.75) is 118 Å². The lowest BCUT2D eigenvalue weighted by Crippen LogP contribution is -2.42. The molecule has 0 aliphatic rings. The second kappa shape index (κ2) is 36.7. The zero-order valence-electron chi connectivity index (χ0n) is 32.1. The van der Waals surface area contributed by atoms with Crippen LogP contribution in [0.15, 0.2) is 0 Å². The van der Waals surface area contributed by atoms with Crippen molar-refractivity contribution in [1.82, 2.24) is 4.67 Å². The third-order valence-corrected chi connectivity index (χ3v) is 9.09. The number of nitriles is 1. The summed E-state index contributed by atoms with van der Waals surface area (Å²) in [6.45, 7) is 19.4. The van der Waals surface area contributed by atoms with Crippen molar-refractivity contribution < 1.29 is 57.7 Å². The maximum Gasteiger partial charge on any atom is 0.259 e. The van der Waals surface area contributed by atoms with Crippen LogP contribution in [0.4, 0.5) is 0 Å². The molecule has 1 N–H and O–H groups in total. The standard InChI is InChI=1S/C35H71N2O12P/c1-7-18-44-46-25-15-22-41-31-35(30-40-21-14-24-43-38,32-42-23-16-26-47-45-19-8-2)29-39-20-11-9-10-12-27-48-50(49-28-13-17-36)37(33(3)4)34(5)6/h33-34,38H,7-16,18-32H2,1-6H3. The van der Waals surface area contributed by atoms with Crippen molar-refractivity contribution in [1.29, 1.82) is 5.26 Å². The van der Waals surface area contributed by atoms with Crippen molar-refractivity contribution in [3.8, 4) is 6.07 Å². The fourth-order valence-corrected chi connectivity index (χ4v) is 6.22. The first-order chi connectivity index (χ1) is 24.4. The summed E-state index contributed by atoms with van der Waals surface area (Å²) in [6.07, 6.45) is 7.93. The molecule has 14 nitrogen and oxygen atoms in total. The number of hydrogen-bond acceptors (Lipinski definition) is 14. The first-order valence-electron chi connectivity index (χ1n) is 18.6. The number of ether oxygens (including phenoxy) is 4. The van der Waals surface area contributed by atoms with Gasteiger partial charge in [-0.15, -0.1) is 0 Å². The molecule has 0 heterocycles. The van der Waals surface area contributed by atoms with E-state index in [0.717, 1.165) is 38.5 Å². The molecule has 0 saturated carbocycles. The fraction of sp³-hybridized carbons (Fsp3) is 0.971. The minimum Gasteiger partial charge on any atom is -0.381 e. The Labute approximate surface area is 304 Å². The molecule has 0 bridgehead atoms. The molecule has 15 heteroatoms. The molecule has 1 atom stereocenters. The second-order valence-corrected chi connectivity index (χ2v) is 14.1. The Morgan fingerprint density at radius 2 is 0.980 bits per heavy atom. The van der Waals surface area contributed by atoms with E-state index in [1.54, 1.807) is 0 Å². The van der Waals surface area contributed by atoms with E-state index in [-0.39, 0.29) is 18.7 Å². The van der Waals surface area contributed by atoms with Crippen LogP contribution >= 0.6 is 8.53 Å². The summed E-state index contributed by atoms with van der Waals surface area (Å²) in [5, 5.41) is 17.6. The Morgan fingerprint density at radius 1 is 0.560 bits per heavy atom. The minimum atomic E-state index is -1.21. The SMILES string of the molecule is CCCOOCCCOCC(COCCCCCCOP(OCCC#N)N(C(C)C)C(C)C)(COCCCOO)COCCCOOCCC. The topological polar surface area (TPSA) is 149 Å². The third kappa shape index (κ3) is 28.9. The molecule has 0 saturated heterocycles. The van der Waals surface area contributed by atoms with Crippen molar-refractivity contribution >= 4 is 8.53 Å². The first-order valence-corrected chi connectivity index (χ1v) is 19.8. The largest absolute Gasteiger partial charge is 0.381 e. The Hall–Kier alpha value is -0.600. The van der Waals surface area contributed by atoms with Gasteiger partial charge in [0.05, 0.1) is 90.6 Å². The van der Waals surface area contributed by atoms with E-state index in [1.165, 1.54) is 0 Å². The maximum atomic E-state index is 8.92. The summed E-state index contributed by atoms with van der Waals surface area (Å²) >= 11 is 0. The average Bonchev–Trinajstić information content (AvgIpc) is 3.09. The summed E-state index contributed by atoms with van der Waals surface area (Å²) in [4.78, 5) is 24.8. The van der Waals surface area contributed by atoms with Crippen LogP contribution in [0.1, 0.15) is 106 Å². The number of unbranched alkanes of at least 4 members (excludes halogenated alkanes) is 3. The van der Waals surface area contributed by atoms with Crippen molar-refractivity contribution in [3.63, 3.8) is 0 Å². The molecule has 0 aliphatic heterocycles. The van der Waals surface area contributed by atoms with Crippen LogP contribution in [0.5, 0.6) is 0 Å². The van der Waals surface area contributed by atoms with Gasteiger partial charge in [-0.1, -0.05) is 26.7 Å². The maximum absolute atomic E-state index is 8.92. The molecule has 0 radical (unpaired) electrons. The van der Waals surface area contributed by atoms with Gasteiger partial charge in [0, 0.05) is 38.5 Å². The van der Waals surface area contributed by atoms with Crippen LogP contribution < -0.4 is 0 Å². The van der Waals surface area contributed by atoms with Gasteiger partial charge in [-0.05, 0) is 72.6 Å². The number of nitrogens with zero attached hydrogens (tertiary/aromatic N) is 2. The Morgan fingerprint density at radius 3 is 1.42 bits per heavy atom. The number of hydrogen-bond donors (Lipinski definition) is 1. The molecule has 0 spiro atoms. The fourth-order valence-electron chi connectivity index (χ4n) is 4.59. The zero-order chi connectivity index (χ0) is 37.0. The smallest absolute Gasteiger partial charge is 0.259 e. The van der Waals surface area contributed by atoms with Gasteiger partial charge in [0.15, 0.2) is 0 Å². The summed E-state index contributed by atoms with van der Waals surface area (Å²) in [5.74, 6) is 0. The van der Waals surface area contributed by atoms with Gasteiger partial charge in [0.2, 0.25) is 0 Å². The van der Waals surface area contributed by atoms with Crippen LogP contribution in [-0.4, -0.2) is 121 Å². The van der Waals surface area contributed by atoms with Gasteiger partial charge < -0.3 is 28.0 Å². The van der Waals surface area contributed by atoms with E-state index >= 15 is 0 Å². The third-order valence-electron chi connectivity index (χ3n) is 6.98. The Balaban J connectivity index is 4.95. The predicted molar refractivity (Wildman–Crippen MR) is 192 cm³/mol. The summed E-state index contributed by atoms with van der Waals surface area (Å²) in [5.41, 5.74) is -0.533. The quantitative estimate of drug-likeness (QED) is 0.0290. The van der Waals surface area contributed by atoms with E-state index in [9.17, 15) is 0 Å². The van der Waals surface area contributed by atoms with Gasteiger partial charge in [0.25, 0.3) is 8.53 Å². The second-order valence-electron chi connectivity index (χ2n) is 12.7. The summed E-state index contributed by atoms with van der Waals surface area (Å²) < 4.78 is 38.9. The van der Waals surface area contributed by atoms with Gasteiger partial charge in [-0.25, -0.2) is 29.1 Å². The zero-order valence-corrected chi connectivity index (χ0v) is 33.0. The molecule has 0 aromatic rings. The van der Waals surface area contributed by atoms with E-state index < -0.39 is 13.9 Å². The van der Waals surface area contributed by atoms with E-state index in [4.69, 9.17) is 58.1 Å². The van der Waals surface area contributed by atoms with Crippen LogP contribution in [0.25, 0.3) is 0 Å². The minimum absolute atomic E-state index is 0.200. The van der Waals surface area contributed by atoms with Gasteiger partial charge in [0.1, 0.15) is 0 Å². The summed E-state index contributed by atoms with van der Waals surface area (Å²) in [7, 11) is -1.21. The molecule has 0 rings (SSSR count). The highest BCUT2D eigenvalue weighted by Crippen LogP contribution is 2.46. The molecule has 0 amide bonds. The summed E-state index contributed by atoms with van der Waals surface area (Å²) in [6, 6.07) is 2.70. The molecular formula is C35H71N2O12P. The predicted octanol–water partition coefficient (Wildman–Crippen LogP) is 7.27. The van der Waals surface area contributed by atoms with Crippen LogP contribution in [0, 0.1) is 16.7 Å². The van der Waals surface area contributed by atoms with Crippen molar-refractivity contribution in [3.05, 3.63) is 0 Å². The van der Waals surface area contributed by atoms with Crippen LogP contribution in [0.2, 0.25) is 0 Å². The lowest BCUT2D eigenvalue weighted by atomic mass is 9.92. The first kappa shape index (κ1) is 49.4. The van der Waals surface area contributed by atoms with Crippen LogP contribution in [-0.2, 0) is 52.4 Å². The van der Waals surface area contributed by atoms with Gasteiger partial charge >= 0.3 is 0 Å². The van der Waals surface area contributed by atoms with Crippen LogP contribution in [0.3, 0.4) is 0 Å². The molecule has 0 aliphatic carbocycles. The molecule has 0 fully saturated rings. The highest BCUT2D eigenvalue weighted by Gasteiger charge is 2.32. The van der Waals surface area contributed by atoms with E-state index in [1.807, 2.05) is 13.8 Å².